The first kappa shape index (κ1) is 12.1. The van der Waals surface area contributed by atoms with Gasteiger partial charge in [-0.15, -0.1) is 0 Å². The SMILES string of the molecule is CCc1cc(C(=O)Cl)cc(CC)c1OC. The normalized spacial score (nSPS) is 10.1. The summed E-state index contributed by atoms with van der Waals surface area (Å²) < 4.78 is 5.34. The van der Waals surface area contributed by atoms with Crippen molar-refractivity contribution in [2.75, 3.05) is 7.11 Å². The zero-order valence-corrected chi connectivity index (χ0v) is 10.0. The second-order valence-corrected chi connectivity index (χ2v) is 3.65. The Bertz CT molecular complexity index is 347. The number of benzene rings is 1. The van der Waals surface area contributed by atoms with Crippen LogP contribution < -0.4 is 4.74 Å². The van der Waals surface area contributed by atoms with Gasteiger partial charge < -0.3 is 4.74 Å². The van der Waals surface area contributed by atoms with Crippen molar-refractivity contribution in [1.29, 1.82) is 0 Å². The third kappa shape index (κ3) is 2.51. The van der Waals surface area contributed by atoms with Crippen molar-refractivity contribution in [2.24, 2.45) is 0 Å². The van der Waals surface area contributed by atoms with E-state index >= 15 is 0 Å². The first-order chi connectivity index (χ1) is 7.13. The van der Waals surface area contributed by atoms with E-state index < -0.39 is 5.24 Å². The Morgan fingerprint density at radius 1 is 1.27 bits per heavy atom. The van der Waals surface area contributed by atoms with Crippen LogP contribution in [-0.2, 0) is 12.8 Å². The number of ether oxygens (including phenoxy) is 1. The van der Waals surface area contributed by atoms with Gasteiger partial charge in [-0.2, -0.15) is 0 Å². The van der Waals surface area contributed by atoms with E-state index in [0.717, 1.165) is 29.7 Å². The highest BCUT2D eigenvalue weighted by molar-refractivity contribution is 6.67. The van der Waals surface area contributed by atoms with Crippen LogP contribution in [0.4, 0.5) is 0 Å². The van der Waals surface area contributed by atoms with Gasteiger partial charge in [0.05, 0.1) is 7.11 Å². The van der Waals surface area contributed by atoms with Gasteiger partial charge in [0.25, 0.3) is 5.24 Å². The number of halogens is 1. The molecule has 1 aromatic rings. The highest BCUT2D eigenvalue weighted by atomic mass is 35.5. The van der Waals surface area contributed by atoms with Crippen molar-refractivity contribution in [3.05, 3.63) is 28.8 Å². The van der Waals surface area contributed by atoms with Crippen LogP contribution in [0, 0.1) is 0 Å². The molecule has 0 atom stereocenters. The van der Waals surface area contributed by atoms with Crippen LogP contribution in [-0.4, -0.2) is 12.4 Å². The highest BCUT2D eigenvalue weighted by Gasteiger charge is 2.12. The molecule has 0 aliphatic rings. The number of rotatable bonds is 4. The minimum atomic E-state index is -0.415. The van der Waals surface area contributed by atoms with E-state index in [4.69, 9.17) is 16.3 Å². The summed E-state index contributed by atoms with van der Waals surface area (Å²) in [6, 6.07) is 3.60. The van der Waals surface area contributed by atoms with Crippen LogP contribution in [0.15, 0.2) is 12.1 Å². The number of aryl methyl sites for hydroxylation is 2. The van der Waals surface area contributed by atoms with Crippen molar-refractivity contribution < 1.29 is 9.53 Å². The molecule has 0 amide bonds. The van der Waals surface area contributed by atoms with Gasteiger partial charge in [0.2, 0.25) is 0 Å². The predicted octanol–water partition coefficient (Wildman–Crippen LogP) is 3.20. The molecule has 0 aliphatic heterocycles. The second kappa shape index (κ2) is 5.17. The highest BCUT2D eigenvalue weighted by Crippen LogP contribution is 2.27. The van der Waals surface area contributed by atoms with Gasteiger partial charge in [0.15, 0.2) is 0 Å². The van der Waals surface area contributed by atoms with Crippen LogP contribution in [0.5, 0.6) is 5.75 Å². The molecule has 1 aromatic carbocycles. The monoisotopic (exact) mass is 226 g/mol. The van der Waals surface area contributed by atoms with Gasteiger partial charge in [-0.05, 0) is 47.7 Å². The molecule has 82 valence electrons. The maximum absolute atomic E-state index is 11.1. The summed E-state index contributed by atoms with van der Waals surface area (Å²) in [5.41, 5.74) is 2.60. The lowest BCUT2D eigenvalue weighted by Gasteiger charge is -2.12. The standard InChI is InChI=1S/C12H15ClO2/c1-4-8-6-10(12(13)14)7-9(5-2)11(8)15-3/h6-7H,4-5H2,1-3H3. The Balaban J connectivity index is 3.35. The zero-order chi connectivity index (χ0) is 11.4. The smallest absolute Gasteiger partial charge is 0.252 e. The summed E-state index contributed by atoms with van der Waals surface area (Å²) in [4.78, 5) is 11.1. The average molecular weight is 227 g/mol. The summed E-state index contributed by atoms with van der Waals surface area (Å²) in [7, 11) is 1.65. The Hall–Kier alpha value is -1.02. The van der Waals surface area contributed by atoms with E-state index in [2.05, 4.69) is 0 Å². The van der Waals surface area contributed by atoms with Gasteiger partial charge in [0, 0.05) is 5.56 Å². The molecular formula is C12H15ClO2. The fourth-order valence-electron chi connectivity index (χ4n) is 1.66. The third-order valence-corrected chi connectivity index (χ3v) is 2.65. The Morgan fingerprint density at radius 2 is 1.73 bits per heavy atom. The molecule has 15 heavy (non-hydrogen) atoms. The minimum Gasteiger partial charge on any atom is -0.496 e. The summed E-state index contributed by atoms with van der Waals surface area (Å²) in [6.07, 6.45) is 1.66. The Morgan fingerprint density at radius 3 is 2.00 bits per heavy atom. The molecule has 0 N–H and O–H groups in total. The quantitative estimate of drug-likeness (QED) is 0.737. The fraction of sp³-hybridized carbons (Fsp3) is 0.417. The molecule has 0 aromatic heterocycles. The lowest BCUT2D eigenvalue weighted by molar-refractivity contribution is 0.108. The van der Waals surface area contributed by atoms with Crippen LogP contribution in [0.2, 0.25) is 0 Å². The molecule has 1 rings (SSSR count). The molecule has 0 bridgehead atoms. The lowest BCUT2D eigenvalue weighted by atomic mass is 10.0. The molecule has 0 radical (unpaired) electrons. The van der Waals surface area contributed by atoms with E-state index in [1.165, 1.54) is 0 Å². The van der Waals surface area contributed by atoms with Crippen molar-refractivity contribution in [3.8, 4) is 5.75 Å². The van der Waals surface area contributed by atoms with E-state index in [-0.39, 0.29) is 0 Å². The average Bonchev–Trinajstić information content (AvgIpc) is 2.26. The number of carbonyl (C=O) groups excluding carboxylic acids is 1. The molecule has 0 saturated carbocycles. The van der Waals surface area contributed by atoms with E-state index in [9.17, 15) is 4.79 Å². The van der Waals surface area contributed by atoms with Crippen molar-refractivity contribution in [3.63, 3.8) is 0 Å². The van der Waals surface area contributed by atoms with Crippen LogP contribution in [0.1, 0.15) is 35.3 Å². The van der Waals surface area contributed by atoms with Crippen molar-refractivity contribution in [2.45, 2.75) is 26.7 Å². The number of hydrogen-bond acceptors (Lipinski definition) is 2. The minimum absolute atomic E-state index is 0.415. The van der Waals surface area contributed by atoms with Crippen LogP contribution in [0.25, 0.3) is 0 Å². The summed E-state index contributed by atoms with van der Waals surface area (Å²) in [6.45, 7) is 4.06. The van der Waals surface area contributed by atoms with E-state index in [1.54, 1.807) is 19.2 Å². The van der Waals surface area contributed by atoms with E-state index in [0.29, 0.717) is 5.56 Å². The lowest BCUT2D eigenvalue weighted by Crippen LogP contribution is -2.00. The Labute approximate surface area is 95.2 Å². The number of hydrogen-bond donors (Lipinski definition) is 0. The van der Waals surface area contributed by atoms with Gasteiger partial charge in [0.1, 0.15) is 5.75 Å². The zero-order valence-electron chi connectivity index (χ0n) is 9.26. The molecule has 2 nitrogen and oxygen atoms in total. The molecule has 0 heterocycles. The number of carbonyl (C=O) groups is 1. The van der Waals surface area contributed by atoms with Gasteiger partial charge in [-0.3, -0.25) is 4.79 Å². The third-order valence-electron chi connectivity index (χ3n) is 2.44. The number of methoxy groups -OCH3 is 1. The molecule has 3 heteroatoms. The molecule has 0 spiro atoms. The van der Waals surface area contributed by atoms with Crippen LogP contribution in [0.3, 0.4) is 0 Å². The largest absolute Gasteiger partial charge is 0.496 e. The van der Waals surface area contributed by atoms with Crippen molar-refractivity contribution >= 4 is 16.8 Å². The molecule has 0 unspecified atom stereocenters. The first-order valence-corrected chi connectivity index (χ1v) is 5.41. The fourth-order valence-corrected chi connectivity index (χ4v) is 1.76. The summed E-state index contributed by atoms with van der Waals surface area (Å²) >= 11 is 5.48. The van der Waals surface area contributed by atoms with Crippen LogP contribution >= 0.6 is 11.6 Å². The predicted molar refractivity (Wildman–Crippen MR) is 61.9 cm³/mol. The summed E-state index contributed by atoms with van der Waals surface area (Å²) in [5, 5.41) is -0.415. The van der Waals surface area contributed by atoms with Gasteiger partial charge >= 0.3 is 0 Å². The summed E-state index contributed by atoms with van der Waals surface area (Å²) in [5.74, 6) is 0.877. The Kier molecular flexibility index (Phi) is 4.15. The topological polar surface area (TPSA) is 26.3 Å². The maximum atomic E-state index is 11.1. The van der Waals surface area contributed by atoms with Crippen molar-refractivity contribution in [1.82, 2.24) is 0 Å². The molecule has 0 fully saturated rings. The van der Waals surface area contributed by atoms with E-state index in [1.807, 2.05) is 13.8 Å². The first-order valence-electron chi connectivity index (χ1n) is 5.03. The van der Waals surface area contributed by atoms with Gasteiger partial charge in [-0.25, -0.2) is 0 Å². The molecule has 0 saturated heterocycles. The maximum Gasteiger partial charge on any atom is 0.252 e. The molecule has 0 aliphatic carbocycles. The molecular weight excluding hydrogens is 212 g/mol. The van der Waals surface area contributed by atoms with Gasteiger partial charge in [-0.1, -0.05) is 13.8 Å². The second-order valence-electron chi connectivity index (χ2n) is 3.31.